The summed E-state index contributed by atoms with van der Waals surface area (Å²) in [7, 11) is 0. The zero-order valence-corrected chi connectivity index (χ0v) is 15.3. The number of carbonyl (C=O) groups is 1. The maximum absolute atomic E-state index is 13.1. The van der Waals surface area contributed by atoms with Crippen LogP contribution in [-0.2, 0) is 20.7 Å². The Kier molecular flexibility index (Phi) is 9.11. The van der Waals surface area contributed by atoms with Crippen molar-refractivity contribution in [3.63, 3.8) is 0 Å². The van der Waals surface area contributed by atoms with E-state index in [1.165, 1.54) is 12.1 Å². The molecule has 4 nitrogen and oxygen atoms in total. The van der Waals surface area contributed by atoms with E-state index in [-0.39, 0.29) is 36.2 Å². The molecule has 6 heteroatoms. The molecule has 1 aliphatic heterocycles. The minimum atomic E-state index is -0.586. The molecule has 140 valence electrons. The van der Waals surface area contributed by atoms with Crippen molar-refractivity contribution in [1.82, 2.24) is 0 Å². The van der Waals surface area contributed by atoms with Gasteiger partial charge in [-0.25, -0.2) is 4.39 Å². The second-order valence-electron chi connectivity index (χ2n) is 6.36. The van der Waals surface area contributed by atoms with Gasteiger partial charge >= 0.3 is 5.97 Å². The van der Waals surface area contributed by atoms with Crippen molar-refractivity contribution in [1.29, 1.82) is 0 Å². The summed E-state index contributed by atoms with van der Waals surface area (Å²) in [4.78, 5) is 12.0. The summed E-state index contributed by atoms with van der Waals surface area (Å²) < 4.78 is 24.5. The summed E-state index contributed by atoms with van der Waals surface area (Å²) in [5.41, 5.74) is 6.90. The van der Waals surface area contributed by atoms with E-state index in [0.29, 0.717) is 13.0 Å². The highest BCUT2D eigenvalue weighted by Crippen LogP contribution is 2.27. The molecule has 1 aromatic rings. The molecule has 1 saturated heterocycles. The molecule has 4 atom stereocenters. The molecule has 0 saturated carbocycles. The van der Waals surface area contributed by atoms with Gasteiger partial charge in [0.2, 0.25) is 0 Å². The normalized spacial score (nSPS) is 27.2. The maximum atomic E-state index is 13.1. The Morgan fingerprint density at radius 1 is 1.36 bits per heavy atom. The minimum absolute atomic E-state index is 0. The first-order chi connectivity index (χ1) is 11.5. The predicted octanol–water partition coefficient (Wildman–Crippen LogP) is 3.42. The van der Waals surface area contributed by atoms with Crippen molar-refractivity contribution >= 4 is 18.4 Å². The fourth-order valence-corrected chi connectivity index (χ4v) is 3.20. The number of carbonyl (C=O) groups excluding carboxylic acids is 1. The monoisotopic (exact) mass is 371 g/mol. The van der Waals surface area contributed by atoms with Gasteiger partial charge in [0.25, 0.3) is 0 Å². The smallest absolute Gasteiger partial charge is 0.323 e. The Morgan fingerprint density at radius 2 is 2.04 bits per heavy atom. The van der Waals surface area contributed by atoms with Crippen molar-refractivity contribution in [2.75, 3.05) is 6.61 Å². The fraction of sp³-hybridized carbons (Fsp3) is 0.526. The van der Waals surface area contributed by atoms with Crippen molar-refractivity contribution in [3.8, 4) is 0 Å². The Balaban J connectivity index is 0.00000312. The van der Waals surface area contributed by atoms with Gasteiger partial charge in [-0.15, -0.1) is 19.0 Å². The topological polar surface area (TPSA) is 61.5 Å². The molecule has 1 fully saturated rings. The lowest BCUT2D eigenvalue weighted by atomic mass is 9.87. The van der Waals surface area contributed by atoms with Crippen molar-refractivity contribution in [2.24, 2.45) is 11.7 Å². The second kappa shape index (κ2) is 10.5. The number of esters is 1. The van der Waals surface area contributed by atoms with E-state index in [1.807, 2.05) is 6.92 Å². The van der Waals surface area contributed by atoms with Crippen LogP contribution in [0.3, 0.4) is 0 Å². The first-order valence-corrected chi connectivity index (χ1v) is 8.44. The van der Waals surface area contributed by atoms with Crippen LogP contribution in [0.1, 0.15) is 31.7 Å². The number of benzene rings is 1. The largest absolute Gasteiger partial charge is 0.459 e. The number of nitrogens with two attached hydrogens (primary N) is 1. The van der Waals surface area contributed by atoms with E-state index in [9.17, 15) is 9.18 Å². The highest BCUT2D eigenvalue weighted by molar-refractivity contribution is 5.85. The van der Waals surface area contributed by atoms with Crippen molar-refractivity contribution < 1.29 is 18.7 Å². The van der Waals surface area contributed by atoms with Gasteiger partial charge < -0.3 is 15.2 Å². The molecule has 1 aromatic carbocycles. The fourth-order valence-electron chi connectivity index (χ4n) is 3.20. The number of ether oxygens (including phenoxy) is 2. The Hall–Kier alpha value is -1.43. The van der Waals surface area contributed by atoms with Crippen molar-refractivity contribution in [2.45, 2.75) is 50.9 Å². The minimum Gasteiger partial charge on any atom is -0.459 e. The van der Waals surface area contributed by atoms with Crippen LogP contribution in [0.25, 0.3) is 0 Å². The zero-order chi connectivity index (χ0) is 17.5. The summed E-state index contributed by atoms with van der Waals surface area (Å²) in [6, 6.07) is 5.91. The van der Waals surface area contributed by atoms with Crippen LogP contribution in [0, 0.1) is 11.7 Å². The molecule has 25 heavy (non-hydrogen) atoms. The molecule has 1 heterocycles. The first kappa shape index (κ1) is 21.6. The Labute approximate surface area is 155 Å². The van der Waals surface area contributed by atoms with E-state index in [1.54, 1.807) is 18.2 Å². The molecular weight excluding hydrogens is 345 g/mol. The van der Waals surface area contributed by atoms with Crippen molar-refractivity contribution in [3.05, 3.63) is 48.3 Å². The third kappa shape index (κ3) is 6.42. The van der Waals surface area contributed by atoms with Gasteiger partial charge in [0, 0.05) is 0 Å². The highest BCUT2D eigenvalue weighted by Gasteiger charge is 2.33. The molecule has 0 radical (unpaired) electrons. The molecule has 2 N–H and O–H groups in total. The van der Waals surface area contributed by atoms with Gasteiger partial charge in [0.1, 0.15) is 18.0 Å². The SMILES string of the molecule is C=CCO[C@@H]1[C@@H](Cc2ccc(F)cc2)CCC[C@H](N)C(=O)O[C@H]1C.Cl. The molecule has 1 aliphatic rings. The van der Waals surface area contributed by atoms with Gasteiger partial charge in [-0.05, 0) is 49.8 Å². The first-order valence-electron chi connectivity index (χ1n) is 8.44. The van der Waals surface area contributed by atoms with Crippen LogP contribution in [0.2, 0.25) is 0 Å². The third-order valence-corrected chi connectivity index (χ3v) is 4.44. The summed E-state index contributed by atoms with van der Waals surface area (Å²) in [5, 5.41) is 0. The van der Waals surface area contributed by atoms with Gasteiger partial charge in [0.05, 0.1) is 12.7 Å². The van der Waals surface area contributed by atoms with Crippen LogP contribution >= 0.6 is 12.4 Å². The van der Waals surface area contributed by atoms with Crippen LogP contribution in [-0.4, -0.2) is 30.8 Å². The number of cyclic esters (lactones) is 1. The number of hydrogen-bond acceptors (Lipinski definition) is 4. The van der Waals surface area contributed by atoms with E-state index in [4.69, 9.17) is 15.2 Å². The standard InChI is InChI=1S/C19H26FNO3.ClH/c1-3-11-23-18-13(2)24-19(22)17(21)6-4-5-15(18)12-14-7-9-16(20)10-8-14;/h3,7-10,13,15,17-18H,1,4-6,11-12,21H2,2H3;1H/t13-,15+,17-,18-;/m0./s1. The van der Waals surface area contributed by atoms with E-state index in [0.717, 1.165) is 24.8 Å². The lowest BCUT2D eigenvalue weighted by Crippen LogP contribution is -2.40. The van der Waals surface area contributed by atoms with Gasteiger partial charge in [-0.2, -0.15) is 0 Å². The van der Waals surface area contributed by atoms with Gasteiger partial charge in [-0.1, -0.05) is 24.6 Å². The summed E-state index contributed by atoms with van der Waals surface area (Å²) in [6.45, 7) is 5.90. The quantitative estimate of drug-likeness (QED) is 0.636. The van der Waals surface area contributed by atoms with Gasteiger partial charge in [0.15, 0.2) is 0 Å². The molecule has 0 unspecified atom stereocenters. The number of halogens is 2. The second-order valence-corrected chi connectivity index (χ2v) is 6.36. The van der Waals surface area contributed by atoms with E-state index < -0.39 is 12.1 Å². The zero-order valence-electron chi connectivity index (χ0n) is 14.5. The summed E-state index contributed by atoms with van der Waals surface area (Å²) in [6.07, 6.45) is 4.06. The number of hydrogen-bond donors (Lipinski definition) is 1. The molecule has 2 rings (SSSR count). The van der Waals surface area contributed by atoms with E-state index in [2.05, 4.69) is 6.58 Å². The molecule has 0 spiro atoms. The van der Waals surface area contributed by atoms with Crippen LogP contribution in [0.5, 0.6) is 0 Å². The Bertz CT molecular complexity index is 552. The Morgan fingerprint density at radius 3 is 2.68 bits per heavy atom. The van der Waals surface area contributed by atoms with Gasteiger partial charge in [-0.3, -0.25) is 4.79 Å². The van der Waals surface area contributed by atoms with E-state index >= 15 is 0 Å². The molecule has 0 bridgehead atoms. The van der Waals surface area contributed by atoms with Crippen LogP contribution < -0.4 is 5.73 Å². The third-order valence-electron chi connectivity index (χ3n) is 4.44. The summed E-state index contributed by atoms with van der Waals surface area (Å²) in [5.74, 6) is -0.471. The molecule has 0 amide bonds. The highest BCUT2D eigenvalue weighted by atomic mass is 35.5. The molecule has 0 aromatic heterocycles. The predicted molar refractivity (Wildman–Crippen MR) is 98.2 cm³/mol. The lowest BCUT2D eigenvalue weighted by Gasteiger charge is -2.31. The average Bonchev–Trinajstić information content (AvgIpc) is 2.60. The van der Waals surface area contributed by atoms with Crippen LogP contribution in [0.4, 0.5) is 4.39 Å². The molecular formula is C19H27ClFNO3. The lowest BCUT2D eigenvalue weighted by molar-refractivity contribution is -0.159. The van der Waals surface area contributed by atoms with Crippen LogP contribution in [0.15, 0.2) is 36.9 Å². The summed E-state index contributed by atoms with van der Waals surface area (Å²) >= 11 is 0. The molecule has 0 aliphatic carbocycles. The maximum Gasteiger partial charge on any atom is 0.323 e. The average molecular weight is 372 g/mol. The number of rotatable bonds is 5.